The minimum atomic E-state index is -0.485. The number of benzene rings is 2. The molecular formula is C20H19FN2O3S. The van der Waals surface area contributed by atoms with Crippen LogP contribution in [0.4, 0.5) is 4.39 Å². The zero-order chi connectivity index (χ0) is 19.6. The molecule has 0 unspecified atom stereocenters. The highest BCUT2D eigenvalue weighted by Crippen LogP contribution is 2.32. The number of carbonyl (C=O) groups excluding carboxylic acids is 2. The van der Waals surface area contributed by atoms with Crippen LogP contribution in [-0.2, 0) is 0 Å². The van der Waals surface area contributed by atoms with Crippen LogP contribution in [0.3, 0.4) is 0 Å². The largest absolute Gasteiger partial charge is 0.491 e. The number of halogens is 1. The number of amides is 2. The van der Waals surface area contributed by atoms with Gasteiger partial charge in [-0.15, -0.1) is 11.3 Å². The van der Waals surface area contributed by atoms with Crippen molar-refractivity contribution >= 4 is 33.2 Å². The summed E-state index contributed by atoms with van der Waals surface area (Å²) in [5, 5.41) is 0.430. The van der Waals surface area contributed by atoms with Crippen molar-refractivity contribution in [3.8, 4) is 5.75 Å². The van der Waals surface area contributed by atoms with E-state index in [9.17, 15) is 14.0 Å². The van der Waals surface area contributed by atoms with Gasteiger partial charge in [-0.25, -0.2) is 4.39 Å². The Bertz CT molecular complexity index is 996. The molecule has 0 fully saturated rings. The number of nitrogens with one attached hydrogen (secondary N) is 2. The second-order valence-corrected chi connectivity index (χ2v) is 7.32. The van der Waals surface area contributed by atoms with E-state index in [1.54, 1.807) is 43.3 Å². The molecule has 2 amide bonds. The molecule has 0 saturated heterocycles. The maximum Gasteiger partial charge on any atom is 0.280 e. The number of hydrogen-bond acceptors (Lipinski definition) is 4. The third-order valence-electron chi connectivity index (χ3n) is 3.89. The predicted octanol–water partition coefficient (Wildman–Crippen LogP) is 4.21. The van der Waals surface area contributed by atoms with Crippen molar-refractivity contribution in [2.24, 2.45) is 0 Å². The van der Waals surface area contributed by atoms with Crippen molar-refractivity contribution in [3.05, 3.63) is 64.3 Å². The van der Waals surface area contributed by atoms with Gasteiger partial charge in [0.05, 0.1) is 11.0 Å². The molecule has 27 heavy (non-hydrogen) atoms. The SMILES string of the molecule is Cc1c(C(=O)NNC(=O)c2ccc(OC(C)C)cc2)sc2cccc(F)c12. The Labute approximate surface area is 160 Å². The summed E-state index contributed by atoms with van der Waals surface area (Å²) in [6.45, 7) is 5.52. The van der Waals surface area contributed by atoms with E-state index < -0.39 is 11.8 Å². The zero-order valence-corrected chi connectivity index (χ0v) is 15.9. The quantitative estimate of drug-likeness (QED) is 0.660. The molecule has 0 saturated carbocycles. The number of carbonyl (C=O) groups is 2. The van der Waals surface area contributed by atoms with E-state index in [1.165, 1.54) is 17.4 Å². The van der Waals surface area contributed by atoms with Gasteiger partial charge < -0.3 is 4.74 Å². The molecule has 2 aromatic carbocycles. The monoisotopic (exact) mass is 386 g/mol. The number of rotatable bonds is 4. The average molecular weight is 386 g/mol. The first-order chi connectivity index (χ1) is 12.9. The van der Waals surface area contributed by atoms with Crippen molar-refractivity contribution in [2.75, 3.05) is 0 Å². The van der Waals surface area contributed by atoms with Gasteiger partial charge in [-0.3, -0.25) is 20.4 Å². The number of thiophene rings is 1. The Morgan fingerprint density at radius 1 is 1.04 bits per heavy atom. The van der Waals surface area contributed by atoms with Gasteiger partial charge in [0.2, 0.25) is 0 Å². The molecule has 3 aromatic rings. The lowest BCUT2D eigenvalue weighted by Crippen LogP contribution is -2.41. The molecule has 1 heterocycles. The molecule has 0 spiro atoms. The van der Waals surface area contributed by atoms with Gasteiger partial charge in [0.15, 0.2) is 0 Å². The first-order valence-corrected chi connectivity index (χ1v) is 9.23. The highest BCUT2D eigenvalue weighted by Gasteiger charge is 2.18. The van der Waals surface area contributed by atoms with Crippen LogP contribution in [0.2, 0.25) is 0 Å². The number of hydrogen-bond donors (Lipinski definition) is 2. The molecule has 1 aromatic heterocycles. The molecule has 0 aliphatic heterocycles. The van der Waals surface area contributed by atoms with Crippen molar-refractivity contribution in [3.63, 3.8) is 0 Å². The summed E-state index contributed by atoms with van der Waals surface area (Å²) in [5.41, 5.74) is 5.69. The standard InChI is InChI=1S/C20H19FN2O3S/c1-11(2)26-14-9-7-13(8-10-14)19(24)22-23-20(25)18-12(3)17-15(21)5-4-6-16(17)27-18/h4-11H,1-3H3,(H,22,24)(H,23,25). The second kappa shape index (κ2) is 7.75. The molecule has 0 aliphatic rings. The fraction of sp³-hybridized carbons (Fsp3) is 0.200. The van der Waals surface area contributed by atoms with Gasteiger partial charge in [-0.05, 0) is 62.7 Å². The third-order valence-corrected chi connectivity index (χ3v) is 5.14. The molecule has 140 valence electrons. The molecule has 0 aliphatic carbocycles. The smallest absolute Gasteiger partial charge is 0.280 e. The molecule has 0 radical (unpaired) electrons. The lowest BCUT2D eigenvalue weighted by Gasteiger charge is -2.10. The summed E-state index contributed by atoms with van der Waals surface area (Å²) >= 11 is 1.18. The Hall–Kier alpha value is -2.93. The first-order valence-electron chi connectivity index (χ1n) is 8.42. The molecule has 7 heteroatoms. The number of hydrazine groups is 1. The lowest BCUT2D eigenvalue weighted by molar-refractivity contribution is 0.0848. The van der Waals surface area contributed by atoms with Gasteiger partial charge in [-0.1, -0.05) is 6.07 Å². The molecular weight excluding hydrogens is 367 g/mol. The zero-order valence-electron chi connectivity index (χ0n) is 15.1. The van der Waals surface area contributed by atoms with Crippen LogP contribution in [0.15, 0.2) is 42.5 Å². The Kier molecular flexibility index (Phi) is 5.41. The predicted molar refractivity (Wildman–Crippen MR) is 104 cm³/mol. The van der Waals surface area contributed by atoms with Crippen LogP contribution in [0.5, 0.6) is 5.75 Å². The van der Waals surface area contributed by atoms with Gasteiger partial charge in [0.1, 0.15) is 11.6 Å². The molecule has 5 nitrogen and oxygen atoms in total. The van der Waals surface area contributed by atoms with E-state index in [2.05, 4.69) is 10.9 Å². The second-order valence-electron chi connectivity index (χ2n) is 6.27. The summed E-state index contributed by atoms with van der Waals surface area (Å²) in [6, 6.07) is 11.3. The van der Waals surface area contributed by atoms with Crippen molar-refractivity contribution < 1.29 is 18.7 Å². The van der Waals surface area contributed by atoms with Crippen LogP contribution in [-0.4, -0.2) is 17.9 Å². The minimum Gasteiger partial charge on any atom is -0.491 e. The number of ether oxygens (including phenoxy) is 1. The molecule has 0 bridgehead atoms. The fourth-order valence-corrected chi connectivity index (χ4v) is 3.79. The van der Waals surface area contributed by atoms with Gasteiger partial charge in [0, 0.05) is 15.6 Å². The maximum atomic E-state index is 14.0. The van der Waals surface area contributed by atoms with Crippen molar-refractivity contribution in [1.82, 2.24) is 10.9 Å². The van der Waals surface area contributed by atoms with Crippen molar-refractivity contribution in [1.29, 1.82) is 0 Å². The molecule has 2 N–H and O–H groups in total. The third kappa shape index (κ3) is 4.09. The summed E-state index contributed by atoms with van der Waals surface area (Å²) in [7, 11) is 0. The van der Waals surface area contributed by atoms with Crippen LogP contribution in [0.25, 0.3) is 10.1 Å². The fourth-order valence-electron chi connectivity index (χ4n) is 2.67. The molecule has 0 atom stereocenters. The summed E-state index contributed by atoms with van der Waals surface area (Å²) < 4.78 is 20.2. The molecule has 3 rings (SSSR count). The normalized spacial score (nSPS) is 10.9. The maximum absolute atomic E-state index is 14.0. The van der Waals surface area contributed by atoms with Crippen LogP contribution >= 0.6 is 11.3 Å². The summed E-state index contributed by atoms with van der Waals surface area (Å²) in [4.78, 5) is 25.0. The van der Waals surface area contributed by atoms with Crippen molar-refractivity contribution in [2.45, 2.75) is 26.9 Å². The Morgan fingerprint density at radius 3 is 2.33 bits per heavy atom. The van der Waals surface area contributed by atoms with E-state index in [4.69, 9.17) is 4.74 Å². The van der Waals surface area contributed by atoms with Gasteiger partial charge in [0.25, 0.3) is 11.8 Å². The average Bonchev–Trinajstić information content (AvgIpc) is 2.97. The highest BCUT2D eigenvalue weighted by atomic mass is 32.1. The van der Waals surface area contributed by atoms with E-state index >= 15 is 0 Å². The van der Waals surface area contributed by atoms with E-state index in [0.29, 0.717) is 31.8 Å². The van der Waals surface area contributed by atoms with E-state index in [1.807, 2.05) is 13.8 Å². The number of fused-ring (bicyclic) bond motifs is 1. The summed E-state index contributed by atoms with van der Waals surface area (Å²) in [5.74, 6) is -0.646. The van der Waals surface area contributed by atoms with E-state index in [0.717, 1.165) is 0 Å². The first kappa shape index (κ1) is 18.8. The van der Waals surface area contributed by atoms with Crippen LogP contribution < -0.4 is 15.6 Å². The highest BCUT2D eigenvalue weighted by molar-refractivity contribution is 7.21. The van der Waals surface area contributed by atoms with E-state index in [-0.39, 0.29) is 11.9 Å². The van der Waals surface area contributed by atoms with Gasteiger partial charge in [-0.2, -0.15) is 0 Å². The summed E-state index contributed by atoms with van der Waals surface area (Å²) in [6.07, 6.45) is 0.0401. The van der Waals surface area contributed by atoms with Crippen LogP contribution in [0, 0.1) is 12.7 Å². The van der Waals surface area contributed by atoms with Gasteiger partial charge >= 0.3 is 0 Å². The Balaban J connectivity index is 1.68. The Morgan fingerprint density at radius 2 is 1.70 bits per heavy atom. The topological polar surface area (TPSA) is 67.4 Å². The van der Waals surface area contributed by atoms with Crippen LogP contribution in [0.1, 0.15) is 39.4 Å². The number of aryl methyl sites for hydroxylation is 1. The minimum absolute atomic E-state index is 0.0401. The lowest BCUT2D eigenvalue weighted by atomic mass is 10.1.